The first-order valence-electron chi connectivity index (χ1n) is 6.30. The predicted octanol–water partition coefficient (Wildman–Crippen LogP) is 1.27. The second-order valence-electron chi connectivity index (χ2n) is 5.52. The molecule has 120 valence electrons. The van der Waals surface area contributed by atoms with Crippen LogP contribution < -0.4 is 16.8 Å². The van der Waals surface area contributed by atoms with Crippen LogP contribution in [0.2, 0.25) is 5.15 Å². The lowest BCUT2D eigenvalue weighted by Crippen LogP contribution is -2.39. The Morgan fingerprint density at radius 3 is 2.36 bits per heavy atom. The van der Waals surface area contributed by atoms with Crippen LogP contribution in [0.3, 0.4) is 0 Å². The molecule has 1 aromatic heterocycles. The molecule has 8 nitrogen and oxygen atoms in total. The lowest BCUT2D eigenvalue weighted by Gasteiger charge is -2.19. The van der Waals surface area contributed by atoms with Gasteiger partial charge in [-0.3, -0.25) is 4.79 Å². The fourth-order valence-corrected chi connectivity index (χ4v) is 1.53. The van der Waals surface area contributed by atoms with Crippen molar-refractivity contribution in [3.8, 4) is 0 Å². The topological polar surface area (TPSA) is 133 Å². The van der Waals surface area contributed by atoms with E-state index in [9.17, 15) is 9.59 Å². The normalized spacial score (nSPS) is 12.0. The number of carbonyl (C=O) groups excluding carboxylic acids is 2. The molecule has 5 N–H and O–H groups in total. The van der Waals surface area contributed by atoms with Gasteiger partial charge in [0.25, 0.3) is 0 Å². The Morgan fingerprint density at radius 1 is 1.23 bits per heavy atom. The van der Waals surface area contributed by atoms with Gasteiger partial charge in [0.05, 0.1) is 0 Å². The van der Waals surface area contributed by atoms with Crippen molar-refractivity contribution in [2.75, 3.05) is 11.5 Å². The summed E-state index contributed by atoms with van der Waals surface area (Å²) in [6.07, 6.45) is 1.14. The van der Waals surface area contributed by atoms with Crippen LogP contribution in [0.5, 0.6) is 0 Å². The molecule has 0 unspecified atom stereocenters. The van der Waals surface area contributed by atoms with Crippen molar-refractivity contribution in [3.05, 3.63) is 22.7 Å². The van der Waals surface area contributed by atoms with Crippen molar-refractivity contribution in [1.82, 2.24) is 15.3 Å². The van der Waals surface area contributed by atoms with Gasteiger partial charge in [0.2, 0.25) is 5.91 Å². The third-order valence-electron chi connectivity index (χ3n) is 2.18. The molecule has 0 aliphatic rings. The van der Waals surface area contributed by atoms with E-state index in [1.54, 1.807) is 0 Å². The van der Waals surface area contributed by atoms with Crippen LogP contribution in [-0.4, -0.2) is 27.4 Å². The number of halogens is 1. The molecule has 9 heteroatoms. The van der Waals surface area contributed by atoms with Gasteiger partial charge in [-0.15, -0.1) is 0 Å². The van der Waals surface area contributed by atoms with Gasteiger partial charge in [-0.2, -0.15) is 0 Å². The maximum atomic E-state index is 11.9. The Balaban J connectivity index is 2.84. The molecule has 0 spiro atoms. The zero-order valence-corrected chi connectivity index (χ0v) is 13.5. The number of allylic oxidation sites excluding steroid dienone is 1. The number of anilines is 2. The second-order valence-corrected chi connectivity index (χ2v) is 5.88. The van der Waals surface area contributed by atoms with Gasteiger partial charge in [0.1, 0.15) is 5.76 Å². The molecule has 0 radical (unpaired) electrons. The van der Waals surface area contributed by atoms with E-state index in [4.69, 9.17) is 27.8 Å². The van der Waals surface area contributed by atoms with Gasteiger partial charge >= 0.3 is 5.97 Å². The molecule has 0 saturated carbocycles. The SMILES string of the molecule is CC(=CC(=O)NC(C)(C)C)OC(=O)c1nc(Cl)c(N)nc1N. The Bertz CT molecular complexity index is 637. The number of ether oxygens (including phenoxy) is 1. The van der Waals surface area contributed by atoms with Crippen molar-refractivity contribution in [3.63, 3.8) is 0 Å². The Labute approximate surface area is 132 Å². The first-order valence-corrected chi connectivity index (χ1v) is 6.68. The summed E-state index contributed by atoms with van der Waals surface area (Å²) in [5.74, 6) is -1.51. The van der Waals surface area contributed by atoms with E-state index in [-0.39, 0.29) is 28.2 Å². The zero-order chi connectivity index (χ0) is 17.1. The molecule has 0 aliphatic heterocycles. The molecule has 0 aromatic carbocycles. The lowest BCUT2D eigenvalue weighted by molar-refractivity contribution is -0.117. The number of esters is 1. The summed E-state index contributed by atoms with van der Waals surface area (Å²) < 4.78 is 4.98. The molecular formula is C13H18ClN5O3. The van der Waals surface area contributed by atoms with E-state index >= 15 is 0 Å². The number of hydrogen-bond donors (Lipinski definition) is 3. The molecular weight excluding hydrogens is 310 g/mol. The highest BCUT2D eigenvalue weighted by Crippen LogP contribution is 2.18. The summed E-state index contributed by atoms with van der Waals surface area (Å²) in [5.41, 5.74) is 10.3. The molecule has 0 atom stereocenters. The van der Waals surface area contributed by atoms with Crippen LogP contribution in [-0.2, 0) is 9.53 Å². The third kappa shape index (κ3) is 5.21. The quantitative estimate of drug-likeness (QED) is 0.432. The number of rotatable bonds is 3. The van der Waals surface area contributed by atoms with E-state index in [1.807, 2.05) is 20.8 Å². The number of aromatic nitrogens is 2. The summed E-state index contributed by atoms with van der Waals surface area (Å²) in [6.45, 7) is 6.93. The summed E-state index contributed by atoms with van der Waals surface area (Å²) in [7, 11) is 0. The van der Waals surface area contributed by atoms with E-state index in [2.05, 4.69) is 15.3 Å². The molecule has 1 amide bonds. The molecule has 22 heavy (non-hydrogen) atoms. The average Bonchev–Trinajstić information content (AvgIpc) is 2.30. The smallest absolute Gasteiger partial charge is 0.365 e. The van der Waals surface area contributed by atoms with Crippen molar-refractivity contribution in [1.29, 1.82) is 0 Å². The predicted molar refractivity (Wildman–Crippen MR) is 82.9 cm³/mol. The first kappa shape index (κ1) is 17.7. The highest BCUT2D eigenvalue weighted by Gasteiger charge is 2.19. The van der Waals surface area contributed by atoms with Gasteiger partial charge in [0, 0.05) is 11.6 Å². The highest BCUT2D eigenvalue weighted by molar-refractivity contribution is 6.31. The number of carbonyl (C=O) groups is 2. The maximum absolute atomic E-state index is 11.9. The molecule has 1 rings (SSSR count). The van der Waals surface area contributed by atoms with Crippen LogP contribution in [0, 0.1) is 0 Å². The fraction of sp³-hybridized carbons (Fsp3) is 0.385. The number of nitrogens with zero attached hydrogens (tertiary/aromatic N) is 2. The molecule has 1 heterocycles. The van der Waals surface area contributed by atoms with Crippen LogP contribution >= 0.6 is 11.6 Å². The molecule has 0 bridgehead atoms. The van der Waals surface area contributed by atoms with Gasteiger partial charge in [-0.25, -0.2) is 14.8 Å². The number of nitrogens with one attached hydrogen (secondary N) is 1. The summed E-state index contributed by atoms with van der Waals surface area (Å²) in [5, 5.41) is 2.54. The monoisotopic (exact) mass is 327 g/mol. The standard InChI is InChI=1S/C13H18ClN5O3/c1-6(5-7(20)19-13(2,3)4)22-12(21)8-10(15)18-11(16)9(14)17-8/h5H,1-4H3,(H,19,20)(H4,15,16,18). The molecule has 1 aromatic rings. The van der Waals surface area contributed by atoms with E-state index < -0.39 is 17.4 Å². The van der Waals surface area contributed by atoms with Crippen LogP contribution in [0.15, 0.2) is 11.8 Å². The number of hydrogen-bond acceptors (Lipinski definition) is 7. The number of nitrogens with two attached hydrogens (primary N) is 2. The Kier molecular flexibility index (Phi) is 5.32. The third-order valence-corrected chi connectivity index (χ3v) is 2.46. The number of nitrogen functional groups attached to an aromatic ring is 2. The lowest BCUT2D eigenvalue weighted by atomic mass is 10.1. The zero-order valence-electron chi connectivity index (χ0n) is 12.7. The van der Waals surface area contributed by atoms with Crippen molar-refractivity contribution < 1.29 is 14.3 Å². The highest BCUT2D eigenvalue weighted by atomic mass is 35.5. The van der Waals surface area contributed by atoms with Crippen LogP contribution in [0.25, 0.3) is 0 Å². The van der Waals surface area contributed by atoms with Crippen LogP contribution in [0.1, 0.15) is 38.2 Å². The van der Waals surface area contributed by atoms with Gasteiger partial charge in [0.15, 0.2) is 22.5 Å². The largest absolute Gasteiger partial charge is 0.426 e. The average molecular weight is 328 g/mol. The minimum atomic E-state index is -0.885. The Hall–Kier alpha value is -2.35. The van der Waals surface area contributed by atoms with E-state index in [0.717, 1.165) is 6.08 Å². The van der Waals surface area contributed by atoms with Gasteiger partial charge < -0.3 is 21.5 Å². The molecule has 0 aliphatic carbocycles. The molecule has 0 saturated heterocycles. The maximum Gasteiger partial charge on any atom is 0.365 e. The van der Waals surface area contributed by atoms with Crippen molar-refractivity contribution in [2.24, 2.45) is 0 Å². The minimum absolute atomic E-state index is 0.0703. The first-order chi connectivity index (χ1) is 9.99. The summed E-state index contributed by atoms with van der Waals surface area (Å²) in [6, 6.07) is 0. The molecule has 0 fully saturated rings. The van der Waals surface area contributed by atoms with Crippen LogP contribution in [0.4, 0.5) is 11.6 Å². The van der Waals surface area contributed by atoms with Crippen molar-refractivity contribution in [2.45, 2.75) is 33.2 Å². The minimum Gasteiger partial charge on any atom is -0.426 e. The summed E-state index contributed by atoms with van der Waals surface area (Å²) >= 11 is 5.68. The number of amides is 1. The van der Waals surface area contributed by atoms with Crippen molar-refractivity contribution >= 4 is 35.1 Å². The summed E-state index contributed by atoms with van der Waals surface area (Å²) in [4.78, 5) is 31.0. The van der Waals surface area contributed by atoms with Gasteiger partial charge in [-0.1, -0.05) is 11.6 Å². The van der Waals surface area contributed by atoms with E-state index in [1.165, 1.54) is 6.92 Å². The fourth-order valence-electron chi connectivity index (χ4n) is 1.41. The van der Waals surface area contributed by atoms with E-state index in [0.29, 0.717) is 0 Å². The Morgan fingerprint density at radius 2 is 1.82 bits per heavy atom. The second kappa shape index (κ2) is 6.61. The van der Waals surface area contributed by atoms with Gasteiger partial charge in [-0.05, 0) is 27.7 Å².